The van der Waals surface area contributed by atoms with Gasteiger partial charge in [-0.05, 0) is 37.5 Å². The number of aryl methyl sites for hydroxylation is 2. The Bertz CT molecular complexity index is 2190. The first-order chi connectivity index (χ1) is 22.4. The summed E-state index contributed by atoms with van der Waals surface area (Å²) in [5.74, 6) is 0.544. The van der Waals surface area contributed by atoms with Gasteiger partial charge in [-0.3, -0.25) is 44.4 Å². The van der Waals surface area contributed by atoms with Crippen molar-refractivity contribution in [3.05, 3.63) is 83.8 Å². The van der Waals surface area contributed by atoms with E-state index in [2.05, 4.69) is 20.3 Å². The lowest BCUT2D eigenvalue weighted by atomic mass is 9.96. The molecule has 1 amide bonds. The first-order valence-electron chi connectivity index (χ1n) is 15.5. The van der Waals surface area contributed by atoms with Crippen LogP contribution in [0, 0.1) is 22.0 Å². The largest absolute Gasteiger partial charge is 0.416 e. The Kier molecular flexibility index (Phi) is 12.6. The van der Waals surface area contributed by atoms with E-state index >= 15 is 0 Å². The Morgan fingerprint density at radius 1 is 0.735 bits per heavy atom. The smallest absolute Gasteiger partial charge is 0.404 e. The predicted octanol–water partition coefficient (Wildman–Crippen LogP) is 3.72. The fourth-order valence-electron chi connectivity index (χ4n) is 6.68. The second-order valence-electron chi connectivity index (χ2n) is 12.0. The average molecular weight is 687 g/mol. The van der Waals surface area contributed by atoms with Crippen LogP contribution in [0.1, 0.15) is 97.1 Å². The minimum atomic E-state index is -1.16. The molecule has 2 saturated carbocycles. The van der Waals surface area contributed by atoms with Crippen molar-refractivity contribution in [3.8, 4) is 0 Å². The monoisotopic (exact) mass is 686 g/mol. The Hall–Kier alpha value is -5.35. The number of amides is 1. The number of rotatable bonds is 8. The van der Waals surface area contributed by atoms with Crippen LogP contribution in [-0.4, -0.2) is 30.8 Å². The van der Waals surface area contributed by atoms with Gasteiger partial charge in [-0.25, -0.2) is 19.2 Å². The lowest BCUT2D eigenvalue weighted by molar-refractivity contribution is -0.387. The molecule has 6 rings (SSSR count). The van der Waals surface area contributed by atoms with Crippen molar-refractivity contribution < 1.29 is 18.6 Å². The number of anilines is 1. The van der Waals surface area contributed by atoms with Gasteiger partial charge in [0.15, 0.2) is 0 Å². The van der Waals surface area contributed by atoms with Gasteiger partial charge in [0, 0.05) is 12.5 Å². The van der Waals surface area contributed by atoms with Gasteiger partial charge in [-0.1, -0.05) is 66.2 Å². The Balaban J connectivity index is 0.000000255. The summed E-state index contributed by atoms with van der Waals surface area (Å²) in [6, 6.07) is 0. The summed E-state index contributed by atoms with van der Waals surface area (Å²) in [5, 5.41) is 13.7. The highest BCUT2D eigenvalue weighted by molar-refractivity contribution is 5.92. The van der Waals surface area contributed by atoms with E-state index in [1.165, 1.54) is 19.8 Å². The first kappa shape index (κ1) is 38.1. The molecule has 17 nitrogen and oxygen atoms in total. The van der Waals surface area contributed by atoms with Gasteiger partial charge < -0.3 is 14.2 Å². The van der Waals surface area contributed by atoms with Crippen LogP contribution >= 0.6 is 0 Å². The molecule has 0 aliphatic heterocycles. The van der Waals surface area contributed by atoms with Crippen molar-refractivity contribution in [2.75, 3.05) is 5.32 Å². The molecule has 4 aromatic rings. The molecule has 266 valence electrons. The molecule has 2 fully saturated rings. The fourth-order valence-corrected chi connectivity index (χ4v) is 6.68. The van der Waals surface area contributed by atoms with Crippen LogP contribution in [0.4, 0.5) is 11.4 Å². The van der Waals surface area contributed by atoms with Crippen LogP contribution in [-0.2, 0) is 17.6 Å². The molecule has 0 bridgehead atoms. The molecule has 0 saturated heterocycles. The van der Waals surface area contributed by atoms with Gasteiger partial charge in [0.25, 0.3) is 11.1 Å². The van der Waals surface area contributed by atoms with Gasteiger partial charge in [0.05, 0.1) is 10.5 Å². The molecule has 0 unspecified atom stereocenters. The highest BCUT2D eigenvalue weighted by atomic mass is 16.6. The molecular formula is C32H42N6O11. The first-order valence-corrected chi connectivity index (χ1v) is 15.5. The summed E-state index contributed by atoms with van der Waals surface area (Å²) in [6.07, 6.45) is 11.1. The maximum atomic E-state index is 12.2. The average Bonchev–Trinajstić information content (AvgIpc) is 3.70. The highest BCUT2D eigenvalue weighted by Gasteiger charge is 2.28. The second-order valence-corrected chi connectivity index (χ2v) is 12.0. The number of nitrogens with zero attached hydrogens (tertiary/aromatic N) is 1. The quantitative estimate of drug-likeness (QED) is 0.132. The molecule has 0 spiro atoms. The topological polar surface area (TPSA) is 264 Å². The van der Waals surface area contributed by atoms with Crippen LogP contribution in [0.15, 0.2) is 37.6 Å². The van der Waals surface area contributed by atoms with Crippen LogP contribution < -0.4 is 39.1 Å². The van der Waals surface area contributed by atoms with Crippen molar-refractivity contribution in [3.63, 3.8) is 0 Å². The van der Waals surface area contributed by atoms with Crippen LogP contribution in [0.25, 0.3) is 22.2 Å². The Morgan fingerprint density at radius 3 is 1.61 bits per heavy atom. The van der Waals surface area contributed by atoms with Crippen molar-refractivity contribution in [2.45, 2.75) is 98.8 Å². The zero-order chi connectivity index (χ0) is 33.8. The Morgan fingerprint density at radius 2 is 1.16 bits per heavy atom. The van der Waals surface area contributed by atoms with Gasteiger partial charge in [-0.2, -0.15) is 0 Å². The summed E-state index contributed by atoms with van der Waals surface area (Å²) in [4.78, 5) is 102. The van der Waals surface area contributed by atoms with Crippen LogP contribution in [0.2, 0.25) is 0 Å². The Labute approximate surface area is 277 Å². The predicted molar refractivity (Wildman–Crippen MR) is 182 cm³/mol. The molecule has 2 aliphatic carbocycles. The lowest BCUT2D eigenvalue weighted by Crippen LogP contribution is -2.26. The number of fused-ring (bicyclic) bond motifs is 2. The number of nitrogens with one attached hydrogen (secondary N) is 5. The van der Waals surface area contributed by atoms with E-state index in [0.29, 0.717) is 30.2 Å². The van der Waals surface area contributed by atoms with Crippen molar-refractivity contribution >= 4 is 39.5 Å². The number of hydrogen-bond donors (Lipinski definition) is 5. The zero-order valence-electron chi connectivity index (χ0n) is 25.6. The number of nitro groups is 1. The molecule has 17 heteroatoms. The second kappa shape index (κ2) is 16.2. The minimum Gasteiger partial charge on any atom is -0.404 e. The lowest BCUT2D eigenvalue weighted by Gasteiger charge is -2.13. The zero-order valence-corrected chi connectivity index (χ0v) is 25.6. The maximum absolute atomic E-state index is 12.2. The van der Waals surface area contributed by atoms with Gasteiger partial charge in [-0.15, -0.1) is 0 Å². The van der Waals surface area contributed by atoms with Crippen LogP contribution in [0.5, 0.6) is 0 Å². The van der Waals surface area contributed by atoms with Crippen molar-refractivity contribution in [2.24, 2.45) is 11.8 Å². The fraction of sp³-hybridized carbons (Fsp3) is 0.531. The summed E-state index contributed by atoms with van der Waals surface area (Å²) in [6.45, 7) is 1.28. The SMILES string of the molecule is C.C.CC(=O)Nc1c(CCC2CCCC2)c2c(=O)[nH]c(=O)[nH]c2oc1=O.O=c1[nH]c(=O)c2c(CCC3CCCC3)c([N+](=O)[O-])c(=O)oc2[nH]1. The van der Waals surface area contributed by atoms with E-state index < -0.39 is 50.3 Å². The number of hydrogen-bond acceptors (Lipinski definition) is 11. The third-order valence-electron chi connectivity index (χ3n) is 8.83. The minimum absolute atomic E-state index is 0. The summed E-state index contributed by atoms with van der Waals surface area (Å²) in [7, 11) is 0. The van der Waals surface area contributed by atoms with Crippen molar-refractivity contribution in [1.82, 2.24) is 19.9 Å². The molecule has 2 aliphatic rings. The molecule has 0 radical (unpaired) electrons. The van der Waals surface area contributed by atoms with Crippen LogP contribution in [0.3, 0.4) is 0 Å². The summed E-state index contributed by atoms with van der Waals surface area (Å²) < 4.78 is 9.78. The number of carbonyl (C=O) groups excluding carboxylic acids is 1. The third kappa shape index (κ3) is 8.58. The van der Waals surface area contributed by atoms with E-state index in [-0.39, 0.29) is 54.7 Å². The molecule has 49 heavy (non-hydrogen) atoms. The molecule has 0 atom stereocenters. The van der Waals surface area contributed by atoms with E-state index in [1.54, 1.807) is 0 Å². The maximum Gasteiger partial charge on any atom is 0.416 e. The van der Waals surface area contributed by atoms with Gasteiger partial charge in [0.2, 0.25) is 17.3 Å². The molecule has 5 N–H and O–H groups in total. The number of aromatic amines is 4. The van der Waals surface area contributed by atoms with Gasteiger partial charge in [0.1, 0.15) is 16.5 Å². The number of H-pyrrole nitrogens is 4. The van der Waals surface area contributed by atoms with E-state index in [0.717, 1.165) is 44.9 Å². The molecule has 4 aromatic heterocycles. The normalized spacial score (nSPS) is 14.6. The summed E-state index contributed by atoms with van der Waals surface area (Å²) in [5.41, 5.74) is -5.73. The summed E-state index contributed by atoms with van der Waals surface area (Å²) >= 11 is 0. The van der Waals surface area contributed by atoms with E-state index in [4.69, 9.17) is 8.83 Å². The third-order valence-corrected chi connectivity index (χ3v) is 8.83. The van der Waals surface area contributed by atoms with Gasteiger partial charge >= 0.3 is 28.3 Å². The van der Waals surface area contributed by atoms with E-state index in [9.17, 15) is 43.7 Å². The molecule has 0 aromatic carbocycles. The number of aromatic nitrogens is 4. The molecule has 4 heterocycles. The standard InChI is InChI=1S/C16H19N3O5.C14H15N3O6.2CH4/c1-8(20)17-12-10(7-6-9-4-2-3-5-9)11-13(21)18-16(23)19-14(11)24-15(12)22;18-11-9-8(6-5-7-3-1-2-4-7)10(17(21)22)13(19)23-12(9)16-14(20)15-11;;/h9H,2-7H2,1H3,(H,17,20)(H2,18,19,21,23);7H,1-6H2,(H2,15,16,18,20);2*1H4. The number of carbonyl (C=O) groups is 1. The van der Waals surface area contributed by atoms with E-state index in [1.807, 2.05) is 4.98 Å². The van der Waals surface area contributed by atoms with Crippen molar-refractivity contribution in [1.29, 1.82) is 0 Å². The molecular weight excluding hydrogens is 644 g/mol. The highest BCUT2D eigenvalue weighted by Crippen LogP contribution is 2.32.